The Morgan fingerprint density at radius 2 is 1.82 bits per heavy atom. The molecule has 38 heavy (non-hydrogen) atoms. The summed E-state index contributed by atoms with van der Waals surface area (Å²) in [7, 11) is 4.05. The van der Waals surface area contributed by atoms with Gasteiger partial charge in [-0.25, -0.2) is 9.48 Å². The summed E-state index contributed by atoms with van der Waals surface area (Å²) in [6, 6.07) is 25.8. The normalized spacial score (nSPS) is 14.5. The molecule has 0 bridgehead atoms. The minimum atomic E-state index is -0.311. The van der Waals surface area contributed by atoms with E-state index in [-0.39, 0.29) is 12.1 Å². The molecule has 6 rings (SSSR count). The van der Waals surface area contributed by atoms with Crippen molar-refractivity contribution in [3.05, 3.63) is 120 Å². The predicted molar refractivity (Wildman–Crippen MR) is 147 cm³/mol. The molecule has 2 amide bonds. The van der Waals surface area contributed by atoms with Gasteiger partial charge in [-0.3, -0.25) is 0 Å². The Bertz CT molecular complexity index is 1550. The van der Waals surface area contributed by atoms with E-state index in [0.29, 0.717) is 18.8 Å². The quantitative estimate of drug-likeness (QED) is 0.344. The Morgan fingerprint density at radius 3 is 2.53 bits per heavy atom. The second-order valence-electron chi connectivity index (χ2n) is 9.69. The minimum Gasteiger partial charge on any atom is -0.467 e. The maximum Gasteiger partial charge on any atom is 0.318 e. The summed E-state index contributed by atoms with van der Waals surface area (Å²) in [5.41, 5.74) is 5.99. The highest BCUT2D eigenvalue weighted by molar-refractivity contribution is 5.76. The monoisotopic (exact) mass is 506 g/mol. The second kappa shape index (κ2) is 9.63. The van der Waals surface area contributed by atoms with E-state index in [0.717, 1.165) is 39.7 Å². The number of urea groups is 1. The molecule has 8 nitrogen and oxygen atoms in total. The molecule has 1 aliphatic rings. The van der Waals surface area contributed by atoms with Crippen LogP contribution in [0.25, 0.3) is 11.5 Å². The fourth-order valence-electron chi connectivity index (χ4n) is 5.13. The number of amides is 2. The average Bonchev–Trinajstić information content (AvgIpc) is 3.67. The van der Waals surface area contributed by atoms with Gasteiger partial charge in [0.05, 0.1) is 42.5 Å². The van der Waals surface area contributed by atoms with Crippen molar-refractivity contribution in [2.75, 3.05) is 19.0 Å². The van der Waals surface area contributed by atoms with Gasteiger partial charge in [0.2, 0.25) is 0 Å². The van der Waals surface area contributed by atoms with Crippen LogP contribution in [-0.2, 0) is 13.1 Å². The van der Waals surface area contributed by atoms with Crippen LogP contribution in [0.2, 0.25) is 0 Å². The Morgan fingerprint density at radius 1 is 1.03 bits per heavy atom. The number of fused-ring (bicyclic) bond motifs is 3. The van der Waals surface area contributed by atoms with E-state index < -0.39 is 0 Å². The number of hydrogen-bond donors (Lipinski definition) is 1. The van der Waals surface area contributed by atoms with Crippen molar-refractivity contribution in [1.29, 1.82) is 0 Å². The number of nitrogens with zero attached hydrogens (tertiary/aromatic N) is 5. The number of anilines is 1. The van der Waals surface area contributed by atoms with E-state index in [9.17, 15) is 4.79 Å². The highest BCUT2D eigenvalue weighted by Crippen LogP contribution is 2.38. The number of aryl methyl sites for hydroxylation is 1. The maximum absolute atomic E-state index is 13.9. The number of furan rings is 1. The molecule has 0 fully saturated rings. The number of carbonyl (C=O) groups is 1. The summed E-state index contributed by atoms with van der Waals surface area (Å²) in [6.45, 7) is 2.72. The molecular formula is C30H30N6O2. The zero-order valence-corrected chi connectivity index (χ0v) is 21.7. The van der Waals surface area contributed by atoms with Crippen LogP contribution in [0, 0.1) is 6.92 Å². The third-order valence-electron chi connectivity index (χ3n) is 7.07. The lowest BCUT2D eigenvalue weighted by Gasteiger charge is -2.31. The summed E-state index contributed by atoms with van der Waals surface area (Å²) < 4.78 is 9.61. The van der Waals surface area contributed by atoms with E-state index in [1.54, 1.807) is 6.26 Å². The van der Waals surface area contributed by atoms with E-state index in [2.05, 4.69) is 51.3 Å². The number of rotatable bonds is 5. The fourth-order valence-corrected chi connectivity index (χ4v) is 5.13. The number of benzene rings is 2. The molecule has 0 spiro atoms. The van der Waals surface area contributed by atoms with E-state index in [1.807, 2.05) is 79.1 Å². The van der Waals surface area contributed by atoms with Gasteiger partial charge in [-0.1, -0.05) is 30.3 Å². The molecule has 1 atom stereocenters. The van der Waals surface area contributed by atoms with Crippen molar-refractivity contribution in [3.8, 4) is 11.5 Å². The smallest absolute Gasteiger partial charge is 0.318 e. The SMILES string of the molecule is Cc1nn(-c2ccccc2)c2c1CN(C(=O)NCc1ccco1)[C@@H](c1ccc(N(C)C)cc1)c1cccn1-2. The van der Waals surface area contributed by atoms with Crippen molar-refractivity contribution >= 4 is 11.7 Å². The molecule has 0 saturated carbocycles. The lowest BCUT2D eigenvalue weighted by Crippen LogP contribution is -2.41. The van der Waals surface area contributed by atoms with E-state index in [4.69, 9.17) is 9.52 Å². The molecule has 4 heterocycles. The van der Waals surface area contributed by atoms with Gasteiger partial charge in [-0.05, 0) is 61.0 Å². The molecule has 0 saturated heterocycles. The lowest BCUT2D eigenvalue weighted by atomic mass is 10.0. The van der Waals surface area contributed by atoms with Gasteiger partial charge in [0, 0.05) is 31.5 Å². The lowest BCUT2D eigenvalue weighted by molar-refractivity contribution is 0.179. The number of nitrogens with one attached hydrogen (secondary N) is 1. The number of carbonyl (C=O) groups excluding carboxylic acids is 1. The highest BCUT2D eigenvalue weighted by atomic mass is 16.3. The molecular weight excluding hydrogens is 476 g/mol. The third-order valence-corrected chi connectivity index (χ3v) is 7.07. The fraction of sp³-hybridized carbons (Fsp3) is 0.200. The minimum absolute atomic E-state index is 0.171. The molecule has 0 aliphatic carbocycles. The van der Waals surface area contributed by atoms with E-state index >= 15 is 0 Å². The topological polar surface area (TPSA) is 71.5 Å². The first-order valence-corrected chi connectivity index (χ1v) is 12.7. The number of para-hydroxylation sites is 1. The number of aromatic nitrogens is 3. The molecule has 8 heteroatoms. The maximum atomic E-state index is 13.9. The van der Waals surface area contributed by atoms with Crippen LogP contribution < -0.4 is 10.2 Å². The molecule has 0 radical (unpaired) electrons. The van der Waals surface area contributed by atoms with Gasteiger partial charge in [-0.15, -0.1) is 0 Å². The summed E-state index contributed by atoms with van der Waals surface area (Å²) in [5.74, 6) is 1.65. The Balaban J connectivity index is 1.49. The first-order chi connectivity index (χ1) is 18.5. The first-order valence-electron chi connectivity index (χ1n) is 12.7. The largest absolute Gasteiger partial charge is 0.467 e. The van der Waals surface area contributed by atoms with Gasteiger partial charge >= 0.3 is 6.03 Å². The first kappa shape index (κ1) is 23.7. The van der Waals surface area contributed by atoms with Crippen LogP contribution in [0.4, 0.5) is 10.5 Å². The van der Waals surface area contributed by atoms with Gasteiger partial charge in [0.1, 0.15) is 11.6 Å². The van der Waals surface area contributed by atoms with E-state index in [1.165, 1.54) is 0 Å². The Kier molecular flexibility index (Phi) is 5.99. The van der Waals surface area contributed by atoms with Crippen molar-refractivity contribution in [3.63, 3.8) is 0 Å². The third kappa shape index (κ3) is 4.14. The molecule has 1 N–H and O–H groups in total. The van der Waals surface area contributed by atoms with Gasteiger partial charge < -0.3 is 24.1 Å². The number of hydrogen-bond acceptors (Lipinski definition) is 4. The molecule has 3 aromatic heterocycles. The van der Waals surface area contributed by atoms with Crippen LogP contribution in [0.3, 0.4) is 0 Å². The molecule has 192 valence electrons. The molecule has 1 aliphatic heterocycles. The van der Waals surface area contributed by atoms with Crippen LogP contribution >= 0.6 is 0 Å². The average molecular weight is 507 g/mol. The second-order valence-corrected chi connectivity index (χ2v) is 9.69. The van der Waals surface area contributed by atoms with Crippen molar-refractivity contribution in [2.24, 2.45) is 0 Å². The van der Waals surface area contributed by atoms with Gasteiger partial charge in [0.25, 0.3) is 0 Å². The van der Waals surface area contributed by atoms with Crippen molar-refractivity contribution < 1.29 is 9.21 Å². The standard InChI is InChI=1S/C30H30N6O2/c1-21-26-20-35(30(37)31-19-25-11-8-18-38-25)28(22-13-15-23(16-14-22)33(2)3)27-12-7-17-34(27)29(26)36(32-21)24-9-5-4-6-10-24/h4-18,28H,19-20H2,1-3H3,(H,31,37)/t28-/m0/s1. The highest BCUT2D eigenvalue weighted by Gasteiger charge is 2.36. The summed E-state index contributed by atoms with van der Waals surface area (Å²) in [6.07, 6.45) is 3.67. The van der Waals surface area contributed by atoms with Crippen molar-refractivity contribution in [1.82, 2.24) is 24.6 Å². The molecule has 2 aromatic carbocycles. The Labute approximate surface area is 221 Å². The summed E-state index contributed by atoms with van der Waals surface area (Å²) in [4.78, 5) is 17.8. The zero-order chi connectivity index (χ0) is 26.2. The zero-order valence-electron chi connectivity index (χ0n) is 21.7. The van der Waals surface area contributed by atoms with Gasteiger partial charge in [-0.2, -0.15) is 5.10 Å². The molecule has 0 unspecified atom stereocenters. The molecule has 5 aromatic rings. The van der Waals surface area contributed by atoms with Gasteiger partial charge in [0.15, 0.2) is 0 Å². The summed E-state index contributed by atoms with van der Waals surface area (Å²) in [5, 5.41) is 7.98. The van der Waals surface area contributed by atoms with Crippen LogP contribution in [-0.4, -0.2) is 39.4 Å². The summed E-state index contributed by atoms with van der Waals surface area (Å²) >= 11 is 0. The van der Waals surface area contributed by atoms with Crippen LogP contribution in [0.1, 0.15) is 34.3 Å². The predicted octanol–water partition coefficient (Wildman–Crippen LogP) is 5.45. The van der Waals surface area contributed by atoms with Crippen molar-refractivity contribution in [2.45, 2.75) is 26.1 Å². The van der Waals surface area contributed by atoms with Crippen LogP contribution in [0.15, 0.2) is 95.7 Å². The Hall–Kier alpha value is -4.72. The van der Waals surface area contributed by atoms with Crippen LogP contribution in [0.5, 0.6) is 0 Å².